The topological polar surface area (TPSA) is 122 Å². The molecule has 0 fully saturated rings. The van der Waals surface area contributed by atoms with E-state index in [0.717, 1.165) is 0 Å². The van der Waals surface area contributed by atoms with Crippen LogP contribution in [0.1, 0.15) is 17.9 Å². The number of anilines is 2. The number of nitrogens with one attached hydrogen (secondary N) is 3. The third-order valence-electron chi connectivity index (χ3n) is 4.25. The number of hydrogen-bond donors (Lipinski definition) is 3. The molecule has 10 heteroatoms. The average molecular weight is 416 g/mol. The molecule has 0 spiro atoms. The van der Waals surface area contributed by atoms with Crippen LogP contribution in [0.3, 0.4) is 0 Å². The molecule has 29 heavy (non-hydrogen) atoms. The number of aromatic amines is 1. The van der Waals surface area contributed by atoms with Crippen LogP contribution in [-0.2, 0) is 9.59 Å². The van der Waals surface area contributed by atoms with Gasteiger partial charge in [-0.1, -0.05) is 17.8 Å². The molecule has 3 N–H and O–H groups in total. The van der Waals surface area contributed by atoms with E-state index in [4.69, 9.17) is 9.47 Å². The summed E-state index contributed by atoms with van der Waals surface area (Å²) < 4.78 is 10.4. The maximum Gasteiger partial charge on any atom is 0.257 e. The fraction of sp³-hybridized carbons (Fsp3) is 0.263. The second kappa shape index (κ2) is 8.82. The van der Waals surface area contributed by atoms with Gasteiger partial charge in [0.15, 0.2) is 5.16 Å². The molecule has 9 nitrogen and oxygen atoms in total. The SMILES string of the molecule is C=CCSc1nc2c(c(=O)[nH]1)[C@@H](C(=O)Nc1ccc(OC)cc1OC)CC(=O)N2. The van der Waals surface area contributed by atoms with Crippen molar-refractivity contribution in [3.05, 3.63) is 46.8 Å². The van der Waals surface area contributed by atoms with Crippen LogP contribution in [-0.4, -0.2) is 41.8 Å². The molecule has 152 valence electrons. The van der Waals surface area contributed by atoms with E-state index in [1.807, 2.05) is 0 Å². The number of H-pyrrole nitrogens is 1. The van der Waals surface area contributed by atoms with Crippen LogP contribution in [0.2, 0.25) is 0 Å². The van der Waals surface area contributed by atoms with Crippen molar-refractivity contribution in [3.8, 4) is 11.5 Å². The molecule has 1 aliphatic heterocycles. The van der Waals surface area contributed by atoms with Gasteiger partial charge in [-0.25, -0.2) is 4.98 Å². The normalized spacial score (nSPS) is 15.1. The van der Waals surface area contributed by atoms with Crippen LogP contribution < -0.4 is 25.7 Å². The Morgan fingerprint density at radius 3 is 2.86 bits per heavy atom. The van der Waals surface area contributed by atoms with Crippen molar-refractivity contribution in [1.29, 1.82) is 0 Å². The molecule has 1 atom stereocenters. The molecular weight excluding hydrogens is 396 g/mol. The lowest BCUT2D eigenvalue weighted by Crippen LogP contribution is -2.36. The lowest BCUT2D eigenvalue weighted by molar-refractivity contribution is -0.123. The predicted molar refractivity (Wildman–Crippen MR) is 110 cm³/mol. The van der Waals surface area contributed by atoms with Gasteiger partial charge in [0.25, 0.3) is 5.56 Å². The van der Waals surface area contributed by atoms with E-state index in [2.05, 4.69) is 27.2 Å². The summed E-state index contributed by atoms with van der Waals surface area (Å²) in [5.74, 6) is -0.301. The van der Waals surface area contributed by atoms with Crippen molar-refractivity contribution in [2.24, 2.45) is 0 Å². The van der Waals surface area contributed by atoms with Crippen molar-refractivity contribution in [2.45, 2.75) is 17.5 Å². The highest BCUT2D eigenvalue weighted by Crippen LogP contribution is 2.33. The Balaban J connectivity index is 1.92. The minimum Gasteiger partial charge on any atom is -0.497 e. The maximum atomic E-state index is 12.9. The molecule has 1 aliphatic rings. The molecule has 1 aromatic carbocycles. The molecule has 2 heterocycles. The van der Waals surface area contributed by atoms with Gasteiger partial charge in [0, 0.05) is 18.2 Å². The fourth-order valence-electron chi connectivity index (χ4n) is 2.90. The number of amides is 2. The number of hydrogen-bond acceptors (Lipinski definition) is 7. The lowest BCUT2D eigenvalue weighted by atomic mass is 9.92. The van der Waals surface area contributed by atoms with Crippen molar-refractivity contribution in [1.82, 2.24) is 9.97 Å². The Morgan fingerprint density at radius 2 is 2.17 bits per heavy atom. The zero-order valence-electron chi connectivity index (χ0n) is 15.9. The van der Waals surface area contributed by atoms with Crippen LogP contribution >= 0.6 is 11.8 Å². The van der Waals surface area contributed by atoms with E-state index in [9.17, 15) is 14.4 Å². The van der Waals surface area contributed by atoms with Gasteiger partial charge in [0.1, 0.15) is 17.3 Å². The van der Waals surface area contributed by atoms with Crippen molar-refractivity contribution in [2.75, 3.05) is 30.6 Å². The van der Waals surface area contributed by atoms with Gasteiger partial charge in [-0.05, 0) is 12.1 Å². The summed E-state index contributed by atoms with van der Waals surface area (Å²) in [4.78, 5) is 44.6. The summed E-state index contributed by atoms with van der Waals surface area (Å²) in [5.41, 5.74) is 0.0503. The van der Waals surface area contributed by atoms with Gasteiger partial charge >= 0.3 is 0 Å². The van der Waals surface area contributed by atoms with E-state index in [-0.39, 0.29) is 17.8 Å². The lowest BCUT2D eigenvalue weighted by Gasteiger charge is -2.24. The Hall–Kier alpha value is -3.27. The molecule has 3 rings (SSSR count). The molecule has 1 aromatic heterocycles. The highest BCUT2D eigenvalue weighted by Gasteiger charge is 2.35. The molecule has 0 saturated carbocycles. The van der Waals surface area contributed by atoms with Crippen molar-refractivity contribution >= 4 is 35.1 Å². The third kappa shape index (κ3) is 4.43. The van der Waals surface area contributed by atoms with E-state index in [1.165, 1.54) is 26.0 Å². The van der Waals surface area contributed by atoms with E-state index < -0.39 is 23.3 Å². The van der Waals surface area contributed by atoms with Crippen LogP contribution in [0.4, 0.5) is 11.5 Å². The number of rotatable bonds is 7. The Morgan fingerprint density at radius 1 is 1.38 bits per heavy atom. The van der Waals surface area contributed by atoms with Crippen molar-refractivity contribution in [3.63, 3.8) is 0 Å². The number of benzene rings is 1. The zero-order chi connectivity index (χ0) is 21.0. The summed E-state index contributed by atoms with van der Waals surface area (Å²) in [6.45, 7) is 3.62. The molecule has 0 radical (unpaired) electrons. The first-order valence-corrected chi connectivity index (χ1v) is 9.66. The summed E-state index contributed by atoms with van der Waals surface area (Å²) in [5, 5.41) is 5.63. The molecule has 0 saturated heterocycles. The monoisotopic (exact) mass is 416 g/mol. The highest BCUT2D eigenvalue weighted by molar-refractivity contribution is 7.99. The Kier molecular flexibility index (Phi) is 6.23. The predicted octanol–water partition coefficient (Wildman–Crippen LogP) is 2.13. The quantitative estimate of drug-likeness (QED) is 0.359. The van der Waals surface area contributed by atoms with Gasteiger partial charge in [0.2, 0.25) is 11.8 Å². The van der Waals surface area contributed by atoms with E-state index in [0.29, 0.717) is 28.1 Å². The molecule has 0 unspecified atom stereocenters. The van der Waals surface area contributed by atoms with Crippen molar-refractivity contribution < 1.29 is 19.1 Å². The molecule has 0 aliphatic carbocycles. The molecule has 2 aromatic rings. The highest BCUT2D eigenvalue weighted by atomic mass is 32.2. The molecule has 2 amide bonds. The minimum atomic E-state index is -0.986. The number of fused-ring (bicyclic) bond motifs is 1. The first-order valence-electron chi connectivity index (χ1n) is 8.67. The van der Waals surface area contributed by atoms with E-state index in [1.54, 1.807) is 24.3 Å². The number of ether oxygens (including phenoxy) is 2. The first kappa shape index (κ1) is 20.5. The summed E-state index contributed by atoms with van der Waals surface area (Å²) in [7, 11) is 2.98. The minimum absolute atomic E-state index is 0.0957. The summed E-state index contributed by atoms with van der Waals surface area (Å²) in [6.07, 6.45) is 1.50. The van der Waals surface area contributed by atoms with Gasteiger partial charge in [-0.15, -0.1) is 6.58 Å². The maximum absolute atomic E-state index is 12.9. The number of thioether (sulfide) groups is 1. The number of carbonyl (C=O) groups excluding carboxylic acids is 2. The van der Waals surface area contributed by atoms with Crippen LogP contribution in [0.25, 0.3) is 0 Å². The van der Waals surface area contributed by atoms with Gasteiger partial charge in [0.05, 0.1) is 31.4 Å². The second-order valence-corrected chi connectivity index (χ2v) is 7.10. The van der Waals surface area contributed by atoms with E-state index >= 15 is 0 Å². The summed E-state index contributed by atoms with van der Waals surface area (Å²) in [6, 6.07) is 4.91. The van der Waals surface area contributed by atoms with Gasteiger partial charge in [-0.2, -0.15) is 0 Å². The molecular formula is C19H20N4O5S. The second-order valence-electron chi connectivity index (χ2n) is 6.09. The first-order chi connectivity index (χ1) is 14.0. The van der Waals surface area contributed by atoms with Gasteiger partial charge < -0.3 is 25.1 Å². The Labute approximate surface area is 170 Å². The Bertz CT molecular complexity index is 1020. The largest absolute Gasteiger partial charge is 0.497 e. The third-order valence-corrected chi connectivity index (χ3v) is 5.12. The summed E-state index contributed by atoms with van der Waals surface area (Å²) >= 11 is 1.26. The van der Waals surface area contributed by atoms with Crippen LogP contribution in [0, 0.1) is 0 Å². The zero-order valence-corrected chi connectivity index (χ0v) is 16.7. The van der Waals surface area contributed by atoms with Crippen LogP contribution in [0.5, 0.6) is 11.5 Å². The number of aromatic nitrogens is 2. The fourth-order valence-corrected chi connectivity index (χ4v) is 3.50. The number of carbonyl (C=O) groups is 2. The standard InChI is InChI=1S/C19H20N4O5S/c1-4-7-29-19-22-16-15(18(26)23-19)11(9-14(24)21-16)17(25)20-12-6-5-10(27-2)8-13(12)28-3/h4-6,8,11H,1,7,9H2,2-3H3,(H,20,25)(H2,21,22,23,24,26)/t11-/m0/s1. The van der Waals surface area contributed by atoms with Crippen LogP contribution in [0.15, 0.2) is 40.8 Å². The molecule has 0 bridgehead atoms. The number of nitrogens with zero attached hydrogens (tertiary/aromatic N) is 1. The number of methoxy groups -OCH3 is 2. The average Bonchev–Trinajstić information content (AvgIpc) is 2.71. The smallest absolute Gasteiger partial charge is 0.257 e. The van der Waals surface area contributed by atoms with Gasteiger partial charge in [-0.3, -0.25) is 14.4 Å².